The molecular formula is C26H22ClF4N3O3S. The average molecular weight is 568 g/mol. The van der Waals surface area contributed by atoms with Crippen LogP contribution in [0.5, 0.6) is 0 Å². The van der Waals surface area contributed by atoms with Crippen LogP contribution in [0.15, 0.2) is 41.3 Å². The zero-order chi connectivity index (χ0) is 27.4. The van der Waals surface area contributed by atoms with Gasteiger partial charge in [-0.3, -0.25) is 4.79 Å². The van der Waals surface area contributed by atoms with Gasteiger partial charge in [0, 0.05) is 37.4 Å². The summed E-state index contributed by atoms with van der Waals surface area (Å²) in [5.41, 5.74) is -1.32. The lowest BCUT2D eigenvalue weighted by atomic mass is 10.0. The molecule has 0 spiro atoms. The largest absolute Gasteiger partial charge is 0.477 e. The highest BCUT2D eigenvalue weighted by atomic mass is 35.5. The van der Waals surface area contributed by atoms with Crippen molar-refractivity contribution >= 4 is 57.1 Å². The fourth-order valence-electron chi connectivity index (χ4n) is 4.96. The molecule has 1 saturated carbocycles. The SMILES string of the molecule is O=C(O)c1cn(C2CC2)c2c(Cl)c(N3CCC(CC(=S)Nc4cccc(C(F)(F)F)c4)C3)c(F)cc2c1=O. The van der Waals surface area contributed by atoms with Crippen molar-refractivity contribution in [2.45, 2.75) is 37.9 Å². The normalized spacial score (nSPS) is 17.7. The minimum absolute atomic E-state index is 0.00743. The van der Waals surface area contributed by atoms with Gasteiger partial charge in [0.25, 0.3) is 0 Å². The Labute approximate surface area is 224 Å². The Bertz CT molecular complexity index is 1520. The standard InChI is InChI=1S/C26H22ClF4N3O3S/c27-21-22-17(24(35)18(25(36)37)12-34(22)16-4-5-16)10-19(28)23(21)33-7-6-13(11-33)8-20(38)32-15-3-1-2-14(9-15)26(29,30)31/h1-3,9-10,12-13,16H,4-8,11H2,(H,32,38)(H,36,37). The number of aromatic nitrogens is 1. The van der Waals surface area contributed by atoms with Crippen molar-refractivity contribution in [2.24, 2.45) is 5.92 Å². The molecule has 5 rings (SSSR count). The van der Waals surface area contributed by atoms with Crippen LogP contribution in [0.2, 0.25) is 5.02 Å². The molecule has 12 heteroatoms. The summed E-state index contributed by atoms with van der Waals surface area (Å²) in [5, 5.41) is 12.3. The van der Waals surface area contributed by atoms with Gasteiger partial charge in [-0.25, -0.2) is 9.18 Å². The summed E-state index contributed by atoms with van der Waals surface area (Å²) in [6.45, 7) is 0.854. The lowest BCUT2D eigenvalue weighted by molar-refractivity contribution is -0.137. The molecule has 2 aromatic carbocycles. The smallest absolute Gasteiger partial charge is 0.416 e. The van der Waals surface area contributed by atoms with Crippen LogP contribution in [0.1, 0.15) is 47.6 Å². The summed E-state index contributed by atoms with van der Waals surface area (Å²) in [6.07, 6.45) is -0.573. The van der Waals surface area contributed by atoms with E-state index in [0.29, 0.717) is 36.4 Å². The number of thiocarbonyl (C=S) groups is 1. The third-order valence-corrected chi connectivity index (χ3v) is 7.53. The number of carboxylic acids is 1. The van der Waals surface area contributed by atoms with E-state index in [1.807, 2.05) is 0 Å². The molecule has 2 N–H and O–H groups in total. The van der Waals surface area contributed by atoms with Crippen molar-refractivity contribution in [1.82, 2.24) is 4.57 Å². The van der Waals surface area contributed by atoms with E-state index >= 15 is 4.39 Å². The Morgan fingerprint density at radius 1 is 1.21 bits per heavy atom. The molecule has 1 aliphatic carbocycles. The molecular weight excluding hydrogens is 546 g/mol. The van der Waals surface area contributed by atoms with Crippen LogP contribution < -0.4 is 15.6 Å². The molecule has 1 aromatic heterocycles. The highest BCUT2D eigenvalue weighted by Gasteiger charge is 2.33. The van der Waals surface area contributed by atoms with E-state index in [4.69, 9.17) is 23.8 Å². The first kappa shape index (κ1) is 26.4. The third kappa shape index (κ3) is 5.09. The van der Waals surface area contributed by atoms with Crippen molar-refractivity contribution in [3.63, 3.8) is 0 Å². The Hall–Kier alpha value is -3.18. The number of carboxylic acid groups (broad SMARTS) is 1. The van der Waals surface area contributed by atoms with Gasteiger partial charge in [-0.2, -0.15) is 13.2 Å². The highest BCUT2D eigenvalue weighted by molar-refractivity contribution is 7.80. The average Bonchev–Trinajstić information content (AvgIpc) is 3.58. The monoisotopic (exact) mass is 567 g/mol. The predicted molar refractivity (Wildman–Crippen MR) is 141 cm³/mol. The van der Waals surface area contributed by atoms with E-state index in [2.05, 4.69) is 5.32 Å². The van der Waals surface area contributed by atoms with E-state index in [0.717, 1.165) is 31.0 Å². The van der Waals surface area contributed by atoms with E-state index in [1.54, 1.807) is 9.47 Å². The number of fused-ring (bicyclic) bond motifs is 1. The number of benzene rings is 2. The maximum atomic E-state index is 15.4. The Balaban J connectivity index is 1.37. The van der Waals surface area contributed by atoms with Crippen LogP contribution in [-0.2, 0) is 6.18 Å². The molecule has 2 heterocycles. The van der Waals surface area contributed by atoms with Crippen molar-refractivity contribution in [1.29, 1.82) is 0 Å². The van der Waals surface area contributed by atoms with Gasteiger partial charge in [0.15, 0.2) is 0 Å². The molecule has 0 amide bonds. The second-order valence-corrected chi connectivity index (χ2v) is 10.5. The van der Waals surface area contributed by atoms with Crippen LogP contribution in [0.4, 0.5) is 28.9 Å². The second kappa shape index (κ2) is 9.85. The van der Waals surface area contributed by atoms with Crippen LogP contribution in [0, 0.1) is 11.7 Å². The molecule has 38 heavy (non-hydrogen) atoms. The third-order valence-electron chi connectivity index (χ3n) is 6.90. The zero-order valence-corrected chi connectivity index (χ0v) is 21.4. The minimum atomic E-state index is -4.46. The molecule has 0 bridgehead atoms. The van der Waals surface area contributed by atoms with Gasteiger partial charge in [-0.15, -0.1) is 0 Å². The molecule has 1 atom stereocenters. The van der Waals surface area contributed by atoms with Crippen molar-refractivity contribution in [3.8, 4) is 0 Å². The molecule has 0 radical (unpaired) electrons. The van der Waals surface area contributed by atoms with Crippen molar-refractivity contribution < 1.29 is 27.5 Å². The first-order valence-electron chi connectivity index (χ1n) is 12.0. The van der Waals surface area contributed by atoms with Crippen LogP contribution in [-0.4, -0.2) is 33.7 Å². The van der Waals surface area contributed by atoms with Gasteiger partial charge in [-0.1, -0.05) is 29.9 Å². The first-order valence-corrected chi connectivity index (χ1v) is 12.7. The maximum absolute atomic E-state index is 15.4. The van der Waals surface area contributed by atoms with Gasteiger partial charge in [0.2, 0.25) is 5.43 Å². The quantitative estimate of drug-likeness (QED) is 0.262. The van der Waals surface area contributed by atoms with Gasteiger partial charge < -0.3 is 19.9 Å². The van der Waals surface area contributed by atoms with Gasteiger partial charge in [0.1, 0.15) is 11.4 Å². The summed E-state index contributed by atoms with van der Waals surface area (Å²) >= 11 is 12.1. The number of halogens is 5. The summed E-state index contributed by atoms with van der Waals surface area (Å²) in [7, 11) is 0. The Kier molecular flexibility index (Phi) is 6.85. The maximum Gasteiger partial charge on any atom is 0.416 e. The molecule has 1 saturated heterocycles. The van der Waals surface area contributed by atoms with Gasteiger partial charge in [0.05, 0.1) is 32.2 Å². The lowest BCUT2D eigenvalue weighted by Gasteiger charge is -2.23. The number of anilines is 2. The van der Waals surface area contributed by atoms with E-state index in [-0.39, 0.29) is 33.7 Å². The number of hydrogen-bond donors (Lipinski definition) is 2. The minimum Gasteiger partial charge on any atom is -0.477 e. The molecule has 2 fully saturated rings. The number of pyridine rings is 1. The van der Waals surface area contributed by atoms with Crippen LogP contribution in [0.3, 0.4) is 0 Å². The summed E-state index contributed by atoms with van der Waals surface area (Å²) in [4.78, 5) is 26.5. The second-order valence-electron chi connectivity index (χ2n) is 9.66. The molecule has 2 aliphatic rings. The van der Waals surface area contributed by atoms with Crippen LogP contribution in [0.25, 0.3) is 10.9 Å². The van der Waals surface area contributed by atoms with Crippen LogP contribution >= 0.6 is 23.8 Å². The summed E-state index contributed by atoms with van der Waals surface area (Å²) in [5.74, 6) is -2.12. The predicted octanol–water partition coefficient (Wildman–Crippen LogP) is 6.50. The molecule has 200 valence electrons. The number of hydrogen-bond acceptors (Lipinski definition) is 4. The van der Waals surface area contributed by atoms with E-state index < -0.39 is 34.5 Å². The van der Waals surface area contributed by atoms with Gasteiger partial charge >= 0.3 is 12.1 Å². The van der Waals surface area contributed by atoms with Gasteiger partial charge in [-0.05, 0) is 49.4 Å². The van der Waals surface area contributed by atoms with E-state index in [9.17, 15) is 27.9 Å². The van der Waals surface area contributed by atoms with E-state index in [1.165, 1.54) is 18.3 Å². The number of alkyl halides is 3. The number of rotatable bonds is 6. The molecule has 6 nitrogen and oxygen atoms in total. The summed E-state index contributed by atoms with van der Waals surface area (Å²) < 4.78 is 56.0. The van der Waals surface area contributed by atoms with Crippen molar-refractivity contribution in [3.05, 3.63) is 68.7 Å². The zero-order valence-electron chi connectivity index (χ0n) is 19.8. The molecule has 1 aliphatic heterocycles. The first-order chi connectivity index (χ1) is 17.9. The Morgan fingerprint density at radius 3 is 2.61 bits per heavy atom. The lowest BCUT2D eigenvalue weighted by Crippen LogP contribution is -2.24. The fraction of sp³-hybridized carbons (Fsp3) is 0.346. The molecule has 1 unspecified atom stereocenters. The fourth-order valence-corrected chi connectivity index (χ4v) is 5.73. The van der Waals surface area contributed by atoms with Crippen molar-refractivity contribution in [2.75, 3.05) is 23.3 Å². The Morgan fingerprint density at radius 2 is 1.95 bits per heavy atom. The topological polar surface area (TPSA) is 74.6 Å². The molecule has 3 aromatic rings. The number of carbonyl (C=O) groups is 1. The number of aromatic carboxylic acids is 1. The highest BCUT2D eigenvalue weighted by Crippen LogP contribution is 2.43. The summed E-state index contributed by atoms with van der Waals surface area (Å²) in [6, 6.07) is 5.82. The number of nitrogens with one attached hydrogen (secondary N) is 1. The number of nitrogens with zero attached hydrogens (tertiary/aromatic N) is 2.